The van der Waals surface area contributed by atoms with Gasteiger partial charge < -0.3 is 5.73 Å². The van der Waals surface area contributed by atoms with Gasteiger partial charge >= 0.3 is 0 Å². The predicted octanol–water partition coefficient (Wildman–Crippen LogP) is 3.95. The Morgan fingerprint density at radius 1 is 1.33 bits per heavy atom. The third kappa shape index (κ3) is 2.29. The van der Waals surface area contributed by atoms with Crippen LogP contribution in [0.1, 0.15) is 31.9 Å². The molecule has 4 heteroatoms. The maximum atomic E-state index is 6.15. The lowest BCUT2D eigenvalue weighted by Crippen LogP contribution is -1.98. The van der Waals surface area contributed by atoms with Crippen molar-refractivity contribution in [2.24, 2.45) is 7.05 Å². The zero-order chi connectivity index (χ0) is 13.3. The first kappa shape index (κ1) is 13.1. The Kier molecular flexibility index (Phi) is 3.76. The number of hydrogen-bond donors (Lipinski definition) is 1. The van der Waals surface area contributed by atoms with Gasteiger partial charge in [0.05, 0.1) is 5.69 Å². The molecular formula is C14H18BrN3. The van der Waals surface area contributed by atoms with Crippen molar-refractivity contribution in [3.8, 4) is 11.1 Å². The van der Waals surface area contributed by atoms with Gasteiger partial charge in [0.2, 0.25) is 0 Å². The second-order valence-electron chi connectivity index (χ2n) is 4.59. The number of nitrogens with zero attached hydrogens (tertiary/aromatic N) is 2. The second-order valence-corrected chi connectivity index (χ2v) is 5.50. The molecule has 18 heavy (non-hydrogen) atoms. The number of benzene rings is 1. The highest BCUT2D eigenvalue weighted by atomic mass is 79.9. The number of rotatable bonds is 3. The molecular weight excluding hydrogens is 290 g/mol. The molecule has 1 aromatic carbocycles. The van der Waals surface area contributed by atoms with Crippen LogP contribution in [0.25, 0.3) is 11.1 Å². The summed E-state index contributed by atoms with van der Waals surface area (Å²) >= 11 is 3.45. The van der Waals surface area contributed by atoms with Crippen molar-refractivity contribution in [3.05, 3.63) is 34.4 Å². The number of halogens is 1. The van der Waals surface area contributed by atoms with Gasteiger partial charge in [-0.25, -0.2) is 0 Å². The molecule has 0 bridgehead atoms. The molecule has 0 amide bonds. The van der Waals surface area contributed by atoms with E-state index < -0.39 is 0 Å². The van der Waals surface area contributed by atoms with Gasteiger partial charge in [-0.3, -0.25) is 4.68 Å². The van der Waals surface area contributed by atoms with Crippen LogP contribution in [-0.2, 0) is 7.05 Å². The highest BCUT2D eigenvalue weighted by molar-refractivity contribution is 9.10. The fraction of sp³-hybridized carbons (Fsp3) is 0.357. The summed E-state index contributed by atoms with van der Waals surface area (Å²) in [6.45, 7) is 4.35. The summed E-state index contributed by atoms with van der Waals surface area (Å²) in [5.74, 6) is 1.14. The smallest absolute Gasteiger partial charge is 0.129 e. The monoisotopic (exact) mass is 307 g/mol. The summed E-state index contributed by atoms with van der Waals surface area (Å²) in [7, 11) is 1.89. The van der Waals surface area contributed by atoms with Crippen LogP contribution >= 0.6 is 15.9 Å². The molecule has 1 heterocycles. The minimum Gasteiger partial charge on any atom is -0.383 e. The molecule has 0 saturated carbocycles. The Labute approximate surface area is 116 Å². The Morgan fingerprint density at radius 2 is 1.94 bits per heavy atom. The molecule has 1 unspecified atom stereocenters. The minimum atomic E-state index is 0.409. The fourth-order valence-corrected chi connectivity index (χ4v) is 2.27. The second kappa shape index (κ2) is 5.14. The molecule has 0 radical (unpaired) electrons. The lowest BCUT2D eigenvalue weighted by molar-refractivity contribution is 0.668. The maximum absolute atomic E-state index is 6.15. The van der Waals surface area contributed by atoms with Crippen LogP contribution in [0.4, 0.5) is 5.82 Å². The molecule has 0 spiro atoms. The van der Waals surface area contributed by atoms with Crippen molar-refractivity contribution < 1.29 is 0 Å². The van der Waals surface area contributed by atoms with E-state index in [9.17, 15) is 0 Å². The Balaban J connectivity index is 2.58. The highest BCUT2D eigenvalue weighted by Crippen LogP contribution is 2.35. The first-order chi connectivity index (χ1) is 8.54. The van der Waals surface area contributed by atoms with Gasteiger partial charge in [0, 0.05) is 23.0 Å². The topological polar surface area (TPSA) is 43.8 Å². The van der Waals surface area contributed by atoms with E-state index in [-0.39, 0.29) is 0 Å². The largest absolute Gasteiger partial charge is 0.383 e. The summed E-state index contributed by atoms with van der Waals surface area (Å²) < 4.78 is 2.83. The van der Waals surface area contributed by atoms with E-state index in [2.05, 4.69) is 47.0 Å². The van der Waals surface area contributed by atoms with Crippen LogP contribution in [0.15, 0.2) is 28.7 Å². The van der Waals surface area contributed by atoms with Gasteiger partial charge in [0.1, 0.15) is 5.82 Å². The van der Waals surface area contributed by atoms with E-state index in [1.807, 2.05) is 19.2 Å². The molecule has 2 rings (SSSR count). The first-order valence-electron chi connectivity index (χ1n) is 6.12. The van der Waals surface area contributed by atoms with Crippen LogP contribution in [0.5, 0.6) is 0 Å². The molecule has 0 aliphatic heterocycles. The molecule has 2 N–H and O–H groups in total. The predicted molar refractivity (Wildman–Crippen MR) is 79.5 cm³/mol. The van der Waals surface area contributed by atoms with E-state index in [1.165, 1.54) is 0 Å². The van der Waals surface area contributed by atoms with E-state index in [4.69, 9.17) is 5.73 Å². The van der Waals surface area contributed by atoms with Crippen molar-refractivity contribution in [1.29, 1.82) is 0 Å². The summed E-state index contributed by atoms with van der Waals surface area (Å²) in [6.07, 6.45) is 1.06. The molecule has 1 aromatic heterocycles. The van der Waals surface area contributed by atoms with Crippen LogP contribution in [-0.4, -0.2) is 9.78 Å². The van der Waals surface area contributed by atoms with Gasteiger partial charge in [-0.15, -0.1) is 0 Å². The average Bonchev–Trinajstić information content (AvgIpc) is 2.66. The van der Waals surface area contributed by atoms with Crippen molar-refractivity contribution in [2.75, 3.05) is 5.73 Å². The third-order valence-corrected chi connectivity index (χ3v) is 3.86. The maximum Gasteiger partial charge on any atom is 0.129 e. The van der Waals surface area contributed by atoms with Crippen molar-refractivity contribution in [1.82, 2.24) is 9.78 Å². The molecule has 0 aliphatic rings. The lowest BCUT2D eigenvalue weighted by Gasteiger charge is -2.09. The quantitative estimate of drug-likeness (QED) is 0.933. The third-order valence-electron chi connectivity index (χ3n) is 3.33. The molecule has 0 saturated heterocycles. The van der Waals surface area contributed by atoms with Crippen molar-refractivity contribution >= 4 is 21.7 Å². The summed E-state index contributed by atoms with van der Waals surface area (Å²) in [5, 5.41) is 4.56. The Morgan fingerprint density at radius 3 is 2.50 bits per heavy atom. The van der Waals surface area contributed by atoms with Gasteiger partial charge in [-0.05, 0) is 24.1 Å². The zero-order valence-electron chi connectivity index (χ0n) is 10.9. The van der Waals surface area contributed by atoms with Gasteiger partial charge in [-0.2, -0.15) is 5.10 Å². The van der Waals surface area contributed by atoms with Gasteiger partial charge in [-0.1, -0.05) is 41.9 Å². The summed E-state index contributed by atoms with van der Waals surface area (Å²) in [4.78, 5) is 0. The molecule has 96 valence electrons. The van der Waals surface area contributed by atoms with Crippen molar-refractivity contribution in [3.63, 3.8) is 0 Å². The standard InChI is InChI=1S/C14H18BrN3/c1-4-9(2)13-12(14(16)18(3)17-13)10-5-7-11(15)8-6-10/h5-9H,4,16H2,1-3H3. The van der Waals surface area contributed by atoms with Crippen LogP contribution in [0, 0.1) is 0 Å². The van der Waals surface area contributed by atoms with Crippen LogP contribution in [0.2, 0.25) is 0 Å². The lowest BCUT2D eigenvalue weighted by atomic mass is 9.96. The zero-order valence-corrected chi connectivity index (χ0v) is 12.5. The first-order valence-corrected chi connectivity index (χ1v) is 6.92. The normalized spacial score (nSPS) is 12.7. The number of nitrogens with two attached hydrogens (primary N) is 1. The summed E-state index contributed by atoms with van der Waals surface area (Å²) in [5.41, 5.74) is 9.43. The number of aryl methyl sites for hydroxylation is 1. The van der Waals surface area contributed by atoms with E-state index in [0.717, 1.165) is 33.5 Å². The minimum absolute atomic E-state index is 0.409. The highest BCUT2D eigenvalue weighted by Gasteiger charge is 2.19. The molecule has 1 atom stereocenters. The van der Waals surface area contributed by atoms with Gasteiger partial charge in [0.25, 0.3) is 0 Å². The molecule has 3 nitrogen and oxygen atoms in total. The SMILES string of the molecule is CCC(C)c1nn(C)c(N)c1-c1ccc(Br)cc1. The van der Waals surface area contributed by atoms with E-state index >= 15 is 0 Å². The number of anilines is 1. The molecule has 2 aromatic rings. The van der Waals surface area contributed by atoms with Crippen LogP contribution < -0.4 is 5.73 Å². The average molecular weight is 308 g/mol. The number of hydrogen-bond acceptors (Lipinski definition) is 2. The fourth-order valence-electron chi connectivity index (χ4n) is 2.01. The summed E-state index contributed by atoms with van der Waals surface area (Å²) in [6, 6.07) is 8.21. The Hall–Kier alpha value is -1.29. The van der Waals surface area contributed by atoms with E-state index in [0.29, 0.717) is 5.92 Å². The number of aromatic nitrogens is 2. The molecule has 0 aliphatic carbocycles. The van der Waals surface area contributed by atoms with E-state index in [1.54, 1.807) is 4.68 Å². The Bertz CT molecular complexity index is 543. The van der Waals surface area contributed by atoms with Crippen molar-refractivity contribution in [2.45, 2.75) is 26.2 Å². The number of nitrogen functional groups attached to an aromatic ring is 1. The molecule has 0 fully saturated rings. The van der Waals surface area contributed by atoms with Crippen LogP contribution in [0.3, 0.4) is 0 Å². The van der Waals surface area contributed by atoms with Gasteiger partial charge in [0.15, 0.2) is 0 Å².